The molecule has 0 aromatic heterocycles. The molecule has 0 aromatic carbocycles. The first-order valence-corrected chi connectivity index (χ1v) is 18.4. The first-order valence-electron chi connectivity index (χ1n) is 14.9. The predicted octanol–water partition coefficient (Wildman–Crippen LogP) is 7.46. The van der Waals surface area contributed by atoms with Crippen molar-refractivity contribution in [3.63, 3.8) is 0 Å². The van der Waals surface area contributed by atoms with Crippen LogP contribution in [0.25, 0.3) is 0 Å². The second-order valence-corrected chi connectivity index (χ2v) is 19.1. The zero-order valence-electron chi connectivity index (χ0n) is 26.2. The van der Waals surface area contributed by atoms with Gasteiger partial charge in [0.25, 0.3) is 0 Å². The molecule has 0 radical (unpaired) electrons. The van der Waals surface area contributed by atoms with E-state index in [2.05, 4.69) is 49.2 Å². The first-order chi connectivity index (χ1) is 18.5. The Hall–Kier alpha value is -2.64. The van der Waals surface area contributed by atoms with Crippen LogP contribution in [-0.4, -0.2) is 65.4 Å². The number of ether oxygens (including phenoxy) is 2. The molecule has 0 saturated carbocycles. The molecule has 4 atom stereocenters. The van der Waals surface area contributed by atoms with Gasteiger partial charge in [-0.1, -0.05) is 43.6 Å². The Morgan fingerprint density at radius 2 is 1.20 bits per heavy atom. The molecule has 4 heterocycles. The third-order valence-corrected chi connectivity index (χ3v) is 8.28. The topological polar surface area (TPSA) is 59.1 Å². The third-order valence-electron chi connectivity index (χ3n) is 7.41. The third kappa shape index (κ3) is 8.68. The normalized spacial score (nSPS) is 26.0. The number of carbonyl (C=O) groups is 2. The fourth-order valence-corrected chi connectivity index (χ4v) is 6.33. The van der Waals surface area contributed by atoms with Crippen LogP contribution in [0.1, 0.15) is 92.9 Å². The highest BCUT2D eigenvalue weighted by atomic mass is 28.3. The van der Waals surface area contributed by atoms with Crippen molar-refractivity contribution in [1.29, 1.82) is 0 Å². The molecule has 40 heavy (non-hydrogen) atoms. The first kappa shape index (κ1) is 31.9. The number of allylic oxidation sites excluding steroid dienone is 2. The van der Waals surface area contributed by atoms with Gasteiger partial charge in [-0.05, 0) is 92.9 Å². The minimum absolute atomic E-state index is 0.0531. The largest absolute Gasteiger partial charge is 0.444 e. The Kier molecular flexibility index (Phi) is 9.94. The molecule has 4 bridgehead atoms. The van der Waals surface area contributed by atoms with Gasteiger partial charge in [-0.2, -0.15) is 0 Å². The van der Waals surface area contributed by atoms with Gasteiger partial charge in [0, 0.05) is 23.2 Å². The maximum absolute atomic E-state index is 12.6. The highest BCUT2D eigenvalue weighted by Crippen LogP contribution is 2.37. The van der Waals surface area contributed by atoms with E-state index in [1.54, 1.807) is 0 Å². The van der Waals surface area contributed by atoms with Crippen LogP contribution in [0.4, 0.5) is 9.59 Å². The van der Waals surface area contributed by atoms with Gasteiger partial charge >= 0.3 is 12.2 Å². The van der Waals surface area contributed by atoms with Gasteiger partial charge in [0.15, 0.2) is 0 Å². The van der Waals surface area contributed by atoms with E-state index < -0.39 is 19.3 Å². The van der Waals surface area contributed by atoms with Crippen molar-refractivity contribution >= 4 is 20.3 Å². The molecule has 2 unspecified atom stereocenters. The molecule has 6 nitrogen and oxygen atoms in total. The van der Waals surface area contributed by atoms with Crippen molar-refractivity contribution in [3.8, 4) is 23.8 Å². The van der Waals surface area contributed by atoms with Gasteiger partial charge in [0.1, 0.15) is 19.3 Å². The van der Waals surface area contributed by atoms with Crippen LogP contribution in [0.5, 0.6) is 0 Å². The van der Waals surface area contributed by atoms with Crippen molar-refractivity contribution in [2.75, 3.05) is 0 Å². The van der Waals surface area contributed by atoms with Gasteiger partial charge in [0.2, 0.25) is 0 Å². The molecule has 0 aliphatic carbocycles. The lowest BCUT2D eigenvalue weighted by Gasteiger charge is -2.31. The Labute approximate surface area is 243 Å². The average Bonchev–Trinajstić information content (AvgIpc) is 3.28. The van der Waals surface area contributed by atoms with Crippen LogP contribution in [0.15, 0.2) is 23.3 Å². The number of carbonyl (C=O) groups excluding carboxylic acids is 2. The van der Waals surface area contributed by atoms with Crippen molar-refractivity contribution in [2.24, 2.45) is 0 Å². The van der Waals surface area contributed by atoms with E-state index >= 15 is 0 Å². The van der Waals surface area contributed by atoms with Gasteiger partial charge in [-0.15, -0.1) is 12.0 Å². The fourth-order valence-electron chi connectivity index (χ4n) is 5.81. The number of terminal acetylenes is 1. The number of fused-ring (bicyclic) bond motifs is 4. The number of hydrogen-bond acceptors (Lipinski definition) is 4. The SMILES string of the molecule is C#CC1=CCC[C@H]2CCC1N2C(=O)OC(C)(C)C.CC(C)(C)OC(=O)N1C2CC[C@@H]1CCC=C2C#C[Si](C)(C)C. The summed E-state index contributed by atoms with van der Waals surface area (Å²) in [7, 11) is -1.41. The van der Waals surface area contributed by atoms with Gasteiger partial charge < -0.3 is 9.47 Å². The van der Waals surface area contributed by atoms with E-state index in [9.17, 15) is 9.59 Å². The minimum Gasteiger partial charge on any atom is -0.444 e. The maximum Gasteiger partial charge on any atom is 0.411 e. The lowest BCUT2D eigenvalue weighted by atomic mass is 10.0. The van der Waals surface area contributed by atoms with E-state index in [1.807, 2.05) is 51.3 Å². The second kappa shape index (κ2) is 12.5. The smallest absolute Gasteiger partial charge is 0.411 e. The van der Waals surface area contributed by atoms with E-state index in [1.165, 1.54) is 0 Å². The lowest BCUT2D eigenvalue weighted by molar-refractivity contribution is 0.0164. The number of rotatable bonds is 0. The molecule has 0 spiro atoms. The summed E-state index contributed by atoms with van der Waals surface area (Å²) in [5.41, 5.74) is 4.63. The summed E-state index contributed by atoms with van der Waals surface area (Å²) < 4.78 is 11.1. The standard InChI is InChI=1S/C18H29NO2Si.C15H21NO2/c1-18(2,3)21-17(20)19-15-9-7-8-14(16(19)11-10-15)12-13-22(4,5)6;1-5-11-7-6-8-12-9-10-13(11)16(12)14(17)18-15(2,3)4/h8,15-16H,7,9-11H2,1-6H3;1,7,12-13H,6,8-10H2,2-4H3/t15-,16?;12-,13?/m00/s1. The van der Waals surface area contributed by atoms with E-state index in [4.69, 9.17) is 15.9 Å². The average molecular weight is 567 g/mol. The highest BCUT2D eigenvalue weighted by Gasteiger charge is 2.42. The molecular formula is C33H50N2O4Si. The number of nitrogens with zero attached hydrogens (tertiary/aromatic N) is 2. The summed E-state index contributed by atoms with van der Waals surface area (Å²) in [4.78, 5) is 28.7. The van der Waals surface area contributed by atoms with Crippen molar-refractivity contribution < 1.29 is 19.1 Å². The summed E-state index contributed by atoms with van der Waals surface area (Å²) in [5.74, 6) is 6.13. The Bertz CT molecular complexity index is 1120. The maximum atomic E-state index is 12.6. The van der Waals surface area contributed by atoms with Crippen molar-refractivity contribution in [1.82, 2.24) is 9.80 Å². The Morgan fingerprint density at radius 1 is 0.775 bits per heavy atom. The van der Waals surface area contributed by atoms with E-state index in [0.717, 1.165) is 62.5 Å². The summed E-state index contributed by atoms with van der Waals surface area (Å²) in [6.45, 7) is 18.2. The van der Waals surface area contributed by atoms with Gasteiger partial charge in [-0.3, -0.25) is 9.80 Å². The molecule has 4 aliphatic rings. The zero-order chi connectivity index (χ0) is 29.9. The van der Waals surface area contributed by atoms with E-state index in [-0.39, 0.29) is 30.3 Å². The summed E-state index contributed by atoms with van der Waals surface area (Å²) in [5, 5.41) is 0. The van der Waals surface area contributed by atoms with Crippen LogP contribution in [0.3, 0.4) is 0 Å². The lowest BCUT2D eigenvalue weighted by Crippen LogP contribution is -2.44. The van der Waals surface area contributed by atoms with E-state index in [0.29, 0.717) is 6.04 Å². The molecule has 220 valence electrons. The molecule has 0 aromatic rings. The second-order valence-electron chi connectivity index (χ2n) is 14.4. The predicted molar refractivity (Wildman–Crippen MR) is 164 cm³/mol. The van der Waals surface area contributed by atoms with Crippen LogP contribution < -0.4 is 0 Å². The molecule has 2 fully saturated rings. The summed E-state index contributed by atoms with van der Waals surface area (Å²) in [6.07, 6.45) is 17.5. The zero-order valence-corrected chi connectivity index (χ0v) is 27.2. The molecule has 7 heteroatoms. The van der Waals surface area contributed by atoms with Gasteiger partial charge in [0.05, 0.1) is 12.1 Å². The van der Waals surface area contributed by atoms with Crippen LogP contribution >= 0.6 is 0 Å². The number of hydrogen-bond donors (Lipinski definition) is 0. The van der Waals surface area contributed by atoms with Crippen LogP contribution in [-0.2, 0) is 9.47 Å². The summed E-state index contributed by atoms with van der Waals surface area (Å²) >= 11 is 0. The Balaban J connectivity index is 0.000000225. The number of amides is 2. The van der Waals surface area contributed by atoms with Crippen molar-refractivity contribution in [2.45, 2.75) is 148 Å². The highest BCUT2D eigenvalue weighted by molar-refractivity contribution is 6.83. The van der Waals surface area contributed by atoms with Crippen molar-refractivity contribution in [3.05, 3.63) is 23.3 Å². The summed E-state index contributed by atoms with van der Waals surface area (Å²) in [6, 6.07) is 0.762. The molecular weight excluding hydrogens is 516 g/mol. The molecule has 0 N–H and O–H groups in total. The van der Waals surface area contributed by atoms with Gasteiger partial charge in [-0.25, -0.2) is 9.59 Å². The monoisotopic (exact) mass is 566 g/mol. The molecule has 4 aliphatic heterocycles. The van der Waals surface area contributed by atoms with Crippen LogP contribution in [0, 0.1) is 23.8 Å². The molecule has 2 amide bonds. The Morgan fingerprint density at radius 3 is 1.60 bits per heavy atom. The fraction of sp³-hybridized carbons (Fsp3) is 0.697. The minimum atomic E-state index is -1.41. The van der Waals surface area contributed by atoms with Crippen LogP contribution in [0.2, 0.25) is 19.6 Å². The quantitative estimate of drug-likeness (QED) is 0.226. The molecule has 4 rings (SSSR count). The molecule has 2 saturated heterocycles.